The number of anilines is 1. The number of benzene rings is 2. The van der Waals surface area contributed by atoms with Gasteiger partial charge in [0.05, 0.1) is 6.20 Å². The summed E-state index contributed by atoms with van der Waals surface area (Å²) in [7, 11) is 0. The molecule has 3 aromatic rings. The van der Waals surface area contributed by atoms with Gasteiger partial charge in [-0.25, -0.2) is 4.98 Å². The molecule has 0 saturated carbocycles. The summed E-state index contributed by atoms with van der Waals surface area (Å²) in [4.78, 5) is 3.96. The standard InChI is InChI=1S/C18H18N2O/c1-14(15-6-3-2-4-7-15)11-20-17-9-5-8-16(10-17)18-12-19-13-21-18/h2-10,12-14,20H,11H2,1H3. The number of hydrogen-bond donors (Lipinski definition) is 1. The highest BCUT2D eigenvalue weighted by Gasteiger charge is 2.06. The van der Waals surface area contributed by atoms with Gasteiger partial charge in [0.2, 0.25) is 0 Å². The second kappa shape index (κ2) is 6.27. The zero-order chi connectivity index (χ0) is 14.5. The van der Waals surface area contributed by atoms with Crippen molar-refractivity contribution in [1.29, 1.82) is 0 Å². The lowest BCUT2D eigenvalue weighted by Gasteiger charge is -2.14. The molecule has 1 N–H and O–H groups in total. The minimum atomic E-state index is 0.458. The number of hydrogen-bond acceptors (Lipinski definition) is 3. The summed E-state index contributed by atoms with van der Waals surface area (Å²) in [5.41, 5.74) is 3.47. The average Bonchev–Trinajstić information content (AvgIpc) is 3.08. The van der Waals surface area contributed by atoms with Crippen molar-refractivity contribution in [3.63, 3.8) is 0 Å². The molecule has 0 aliphatic heterocycles. The molecular formula is C18H18N2O. The van der Waals surface area contributed by atoms with E-state index in [9.17, 15) is 0 Å². The summed E-state index contributed by atoms with van der Waals surface area (Å²) in [6.45, 7) is 3.12. The summed E-state index contributed by atoms with van der Waals surface area (Å²) in [6, 6.07) is 18.7. The second-order valence-corrected chi connectivity index (χ2v) is 5.14. The van der Waals surface area contributed by atoms with Crippen LogP contribution in [-0.2, 0) is 0 Å². The number of rotatable bonds is 5. The zero-order valence-electron chi connectivity index (χ0n) is 12.0. The van der Waals surface area contributed by atoms with Gasteiger partial charge in [-0.1, -0.05) is 49.4 Å². The number of nitrogens with zero attached hydrogens (tertiary/aromatic N) is 1. The smallest absolute Gasteiger partial charge is 0.181 e. The van der Waals surface area contributed by atoms with Crippen molar-refractivity contribution in [2.45, 2.75) is 12.8 Å². The van der Waals surface area contributed by atoms with E-state index in [2.05, 4.69) is 53.6 Å². The fourth-order valence-corrected chi connectivity index (χ4v) is 2.31. The first kappa shape index (κ1) is 13.4. The molecule has 0 saturated heterocycles. The van der Waals surface area contributed by atoms with Gasteiger partial charge in [-0.2, -0.15) is 0 Å². The fourth-order valence-electron chi connectivity index (χ4n) is 2.31. The molecule has 2 aromatic carbocycles. The van der Waals surface area contributed by atoms with Crippen molar-refractivity contribution in [3.05, 3.63) is 72.8 Å². The number of oxazole rings is 1. The Morgan fingerprint density at radius 2 is 1.95 bits per heavy atom. The number of aromatic nitrogens is 1. The highest BCUT2D eigenvalue weighted by Crippen LogP contribution is 2.23. The minimum absolute atomic E-state index is 0.458. The molecule has 3 heteroatoms. The molecule has 1 aromatic heterocycles. The summed E-state index contributed by atoms with van der Waals surface area (Å²) in [5.74, 6) is 1.25. The normalized spacial score (nSPS) is 12.0. The third-order valence-electron chi connectivity index (χ3n) is 3.56. The lowest BCUT2D eigenvalue weighted by atomic mass is 10.0. The fraction of sp³-hybridized carbons (Fsp3) is 0.167. The van der Waals surface area contributed by atoms with E-state index in [4.69, 9.17) is 4.42 Å². The Kier molecular flexibility index (Phi) is 4.01. The van der Waals surface area contributed by atoms with Gasteiger partial charge < -0.3 is 9.73 Å². The Morgan fingerprint density at radius 1 is 1.10 bits per heavy atom. The molecule has 1 heterocycles. The molecule has 0 spiro atoms. The van der Waals surface area contributed by atoms with Gasteiger partial charge >= 0.3 is 0 Å². The van der Waals surface area contributed by atoms with Crippen LogP contribution >= 0.6 is 0 Å². The maximum Gasteiger partial charge on any atom is 0.181 e. The molecule has 1 atom stereocenters. The summed E-state index contributed by atoms with van der Waals surface area (Å²) < 4.78 is 5.33. The SMILES string of the molecule is CC(CNc1cccc(-c2cnco2)c1)c1ccccc1. The lowest BCUT2D eigenvalue weighted by molar-refractivity contribution is 0.572. The van der Waals surface area contributed by atoms with Crippen LogP contribution in [0.4, 0.5) is 5.69 Å². The van der Waals surface area contributed by atoms with Crippen LogP contribution in [0.1, 0.15) is 18.4 Å². The van der Waals surface area contributed by atoms with Crippen molar-refractivity contribution in [2.24, 2.45) is 0 Å². The Balaban J connectivity index is 1.67. The van der Waals surface area contributed by atoms with Crippen LogP contribution in [-0.4, -0.2) is 11.5 Å². The maximum absolute atomic E-state index is 5.33. The molecule has 0 fully saturated rings. The average molecular weight is 278 g/mol. The van der Waals surface area contributed by atoms with E-state index in [1.165, 1.54) is 12.0 Å². The topological polar surface area (TPSA) is 38.1 Å². The zero-order valence-corrected chi connectivity index (χ0v) is 12.0. The summed E-state index contributed by atoms with van der Waals surface area (Å²) in [6.07, 6.45) is 3.18. The molecule has 0 aliphatic rings. The molecule has 0 aliphatic carbocycles. The van der Waals surface area contributed by atoms with Crippen LogP contribution in [0, 0.1) is 0 Å². The van der Waals surface area contributed by atoms with E-state index in [1.54, 1.807) is 6.20 Å². The maximum atomic E-state index is 5.33. The highest BCUT2D eigenvalue weighted by molar-refractivity contribution is 5.63. The van der Waals surface area contributed by atoms with Gasteiger partial charge in [-0.3, -0.25) is 0 Å². The summed E-state index contributed by atoms with van der Waals surface area (Å²) >= 11 is 0. The van der Waals surface area contributed by atoms with Crippen molar-refractivity contribution in [3.8, 4) is 11.3 Å². The molecule has 106 valence electrons. The quantitative estimate of drug-likeness (QED) is 0.743. The predicted octanol–water partition coefficient (Wildman–Crippen LogP) is 4.56. The Morgan fingerprint density at radius 3 is 2.71 bits per heavy atom. The molecule has 0 radical (unpaired) electrons. The van der Waals surface area contributed by atoms with Gasteiger partial charge in [-0.15, -0.1) is 0 Å². The molecule has 0 amide bonds. The Hall–Kier alpha value is -2.55. The van der Waals surface area contributed by atoms with E-state index in [-0.39, 0.29) is 0 Å². The summed E-state index contributed by atoms with van der Waals surface area (Å²) in [5, 5.41) is 3.48. The van der Waals surface area contributed by atoms with E-state index in [0.29, 0.717) is 5.92 Å². The van der Waals surface area contributed by atoms with Crippen LogP contribution in [0.5, 0.6) is 0 Å². The van der Waals surface area contributed by atoms with E-state index in [1.807, 2.05) is 18.2 Å². The molecule has 3 nitrogen and oxygen atoms in total. The van der Waals surface area contributed by atoms with Crippen molar-refractivity contribution >= 4 is 5.69 Å². The highest BCUT2D eigenvalue weighted by atomic mass is 16.3. The Bertz CT molecular complexity index is 677. The van der Waals surface area contributed by atoms with Crippen molar-refractivity contribution in [1.82, 2.24) is 4.98 Å². The number of nitrogens with one attached hydrogen (secondary N) is 1. The van der Waals surface area contributed by atoms with E-state index in [0.717, 1.165) is 23.6 Å². The van der Waals surface area contributed by atoms with Gasteiger partial charge in [0.25, 0.3) is 0 Å². The minimum Gasteiger partial charge on any atom is -0.444 e. The van der Waals surface area contributed by atoms with Crippen molar-refractivity contribution < 1.29 is 4.42 Å². The molecule has 3 rings (SSSR count). The van der Waals surface area contributed by atoms with E-state index < -0.39 is 0 Å². The Labute approximate surface area is 124 Å². The van der Waals surface area contributed by atoms with Crippen LogP contribution < -0.4 is 5.32 Å². The second-order valence-electron chi connectivity index (χ2n) is 5.14. The van der Waals surface area contributed by atoms with Gasteiger partial charge in [0.1, 0.15) is 0 Å². The first-order chi connectivity index (χ1) is 10.3. The largest absolute Gasteiger partial charge is 0.444 e. The molecular weight excluding hydrogens is 260 g/mol. The van der Waals surface area contributed by atoms with Crippen LogP contribution in [0.3, 0.4) is 0 Å². The van der Waals surface area contributed by atoms with Gasteiger partial charge in [-0.05, 0) is 23.6 Å². The predicted molar refractivity (Wildman–Crippen MR) is 85.3 cm³/mol. The van der Waals surface area contributed by atoms with Crippen LogP contribution in [0.15, 0.2) is 71.6 Å². The third-order valence-corrected chi connectivity index (χ3v) is 3.56. The molecule has 21 heavy (non-hydrogen) atoms. The van der Waals surface area contributed by atoms with E-state index >= 15 is 0 Å². The van der Waals surface area contributed by atoms with Crippen molar-refractivity contribution in [2.75, 3.05) is 11.9 Å². The first-order valence-electron chi connectivity index (χ1n) is 7.10. The van der Waals surface area contributed by atoms with Crippen LogP contribution in [0.25, 0.3) is 11.3 Å². The monoisotopic (exact) mass is 278 g/mol. The van der Waals surface area contributed by atoms with Gasteiger partial charge in [0.15, 0.2) is 12.2 Å². The molecule has 0 bridgehead atoms. The molecule has 1 unspecified atom stereocenters. The third kappa shape index (κ3) is 3.31. The van der Waals surface area contributed by atoms with Crippen LogP contribution in [0.2, 0.25) is 0 Å². The van der Waals surface area contributed by atoms with Gasteiger partial charge in [0, 0.05) is 17.8 Å². The first-order valence-corrected chi connectivity index (χ1v) is 7.10. The lowest BCUT2D eigenvalue weighted by Crippen LogP contribution is -2.09.